The van der Waals surface area contributed by atoms with E-state index in [1.54, 1.807) is 14.0 Å². The number of rotatable bonds is 11. The van der Waals surface area contributed by atoms with Gasteiger partial charge in [-0.1, -0.05) is 27.7 Å². The highest BCUT2D eigenvalue weighted by Crippen LogP contribution is 2.19. The molecule has 21 heavy (non-hydrogen) atoms. The van der Waals surface area contributed by atoms with E-state index in [0.717, 1.165) is 25.9 Å². The van der Waals surface area contributed by atoms with Gasteiger partial charge in [-0.15, -0.1) is 0 Å². The minimum atomic E-state index is -0.854. The predicted molar refractivity (Wildman–Crippen MR) is 89.7 cm³/mol. The lowest BCUT2D eigenvalue weighted by Crippen LogP contribution is -2.52. The molecular weight excluding hydrogens is 264 g/mol. The largest absolute Gasteiger partial charge is 0.480 e. The molecule has 0 aliphatic heterocycles. The third-order valence-electron chi connectivity index (χ3n) is 4.34. The number of carboxylic acid groups (broad SMARTS) is 1. The van der Waals surface area contributed by atoms with E-state index in [1.807, 2.05) is 0 Å². The molecule has 2 atom stereocenters. The molecule has 126 valence electrons. The fourth-order valence-corrected chi connectivity index (χ4v) is 2.42. The lowest BCUT2D eigenvalue weighted by molar-refractivity contribution is -0.144. The Balaban J connectivity index is 4.74. The fourth-order valence-electron chi connectivity index (χ4n) is 2.42. The first-order chi connectivity index (χ1) is 9.62. The van der Waals surface area contributed by atoms with Crippen LogP contribution in [0.25, 0.3) is 0 Å². The second-order valence-corrected chi connectivity index (χ2v) is 7.34. The van der Waals surface area contributed by atoms with Crippen LogP contribution in [0, 0.1) is 11.8 Å². The first kappa shape index (κ1) is 20.4. The summed E-state index contributed by atoms with van der Waals surface area (Å²) in [6.07, 6.45) is 2.94. The van der Waals surface area contributed by atoms with Gasteiger partial charge in [0.15, 0.2) is 0 Å². The number of likely N-dealkylation sites (N-methyl/N-ethyl adjacent to an activating group) is 1. The predicted octanol–water partition coefficient (Wildman–Crippen LogP) is 3.22. The monoisotopic (exact) mass is 300 g/mol. The van der Waals surface area contributed by atoms with Gasteiger partial charge in [0.05, 0.1) is 0 Å². The molecule has 0 aromatic carbocycles. The van der Waals surface area contributed by atoms with Crippen molar-refractivity contribution in [2.75, 3.05) is 20.1 Å². The van der Waals surface area contributed by atoms with Crippen LogP contribution in [0.3, 0.4) is 0 Å². The van der Waals surface area contributed by atoms with E-state index in [-0.39, 0.29) is 6.04 Å². The van der Waals surface area contributed by atoms with Crippen LogP contribution in [0.5, 0.6) is 0 Å². The molecule has 0 aromatic rings. The van der Waals surface area contributed by atoms with Crippen LogP contribution in [0.15, 0.2) is 0 Å². The molecule has 0 saturated heterocycles. The first-order valence-corrected chi connectivity index (χ1v) is 8.28. The van der Waals surface area contributed by atoms with Crippen molar-refractivity contribution >= 4 is 5.97 Å². The van der Waals surface area contributed by atoms with E-state index in [2.05, 4.69) is 44.8 Å². The highest BCUT2D eigenvalue weighted by atomic mass is 16.4. The van der Waals surface area contributed by atoms with Gasteiger partial charge in [-0.25, -0.2) is 0 Å². The molecule has 2 unspecified atom stereocenters. The number of hydrogen-bond acceptors (Lipinski definition) is 3. The smallest absolute Gasteiger partial charge is 0.323 e. The summed E-state index contributed by atoms with van der Waals surface area (Å²) < 4.78 is 0. The average molecular weight is 300 g/mol. The summed E-state index contributed by atoms with van der Waals surface area (Å²) in [6.45, 7) is 15.0. The van der Waals surface area contributed by atoms with E-state index in [0.29, 0.717) is 18.3 Å². The van der Waals surface area contributed by atoms with Gasteiger partial charge in [-0.2, -0.15) is 0 Å². The van der Waals surface area contributed by atoms with Crippen LogP contribution in [0.4, 0.5) is 0 Å². The molecule has 0 aliphatic rings. The summed E-state index contributed by atoms with van der Waals surface area (Å²) in [5.41, 5.74) is -0.854. The third-order valence-corrected chi connectivity index (χ3v) is 4.34. The molecule has 0 saturated carbocycles. The quantitative estimate of drug-likeness (QED) is 0.615. The molecule has 0 fully saturated rings. The van der Waals surface area contributed by atoms with E-state index in [4.69, 9.17) is 0 Å². The summed E-state index contributed by atoms with van der Waals surface area (Å²) in [5, 5.41) is 12.4. The molecule has 0 aromatic heterocycles. The molecule has 4 heteroatoms. The van der Waals surface area contributed by atoms with Gasteiger partial charge in [0.25, 0.3) is 0 Å². The Hall–Kier alpha value is -0.610. The minimum absolute atomic E-state index is 0.260. The Labute approximate surface area is 131 Å². The Morgan fingerprint density at radius 2 is 1.52 bits per heavy atom. The van der Waals surface area contributed by atoms with Crippen molar-refractivity contribution in [3.8, 4) is 0 Å². The summed E-state index contributed by atoms with van der Waals surface area (Å²) in [6, 6.07) is 0.260. The zero-order valence-corrected chi connectivity index (χ0v) is 15.1. The van der Waals surface area contributed by atoms with Crippen molar-refractivity contribution in [3.63, 3.8) is 0 Å². The third kappa shape index (κ3) is 7.82. The van der Waals surface area contributed by atoms with Crippen molar-refractivity contribution in [3.05, 3.63) is 0 Å². The second kappa shape index (κ2) is 9.42. The molecule has 0 heterocycles. The van der Waals surface area contributed by atoms with Crippen LogP contribution in [-0.2, 0) is 4.79 Å². The van der Waals surface area contributed by atoms with Crippen LogP contribution in [0.1, 0.15) is 60.8 Å². The van der Waals surface area contributed by atoms with Crippen molar-refractivity contribution < 1.29 is 9.90 Å². The maximum absolute atomic E-state index is 11.5. The zero-order valence-electron chi connectivity index (χ0n) is 15.1. The maximum Gasteiger partial charge on any atom is 0.323 e. The summed E-state index contributed by atoms with van der Waals surface area (Å²) in [7, 11) is 1.73. The van der Waals surface area contributed by atoms with Crippen LogP contribution >= 0.6 is 0 Å². The van der Waals surface area contributed by atoms with Crippen molar-refractivity contribution in [2.24, 2.45) is 11.8 Å². The lowest BCUT2D eigenvalue weighted by Gasteiger charge is -2.35. The fraction of sp³-hybridized carbons (Fsp3) is 0.941. The molecule has 2 N–H and O–H groups in total. The summed E-state index contributed by atoms with van der Waals surface area (Å²) in [4.78, 5) is 13.9. The van der Waals surface area contributed by atoms with Gasteiger partial charge in [0, 0.05) is 6.04 Å². The average Bonchev–Trinajstić information content (AvgIpc) is 2.37. The van der Waals surface area contributed by atoms with Gasteiger partial charge < -0.3 is 15.3 Å². The SMILES string of the molecule is CNC(C)(CC(C)N(CCC(C)C)CCC(C)C)C(=O)O. The molecule has 0 aliphatic carbocycles. The lowest BCUT2D eigenvalue weighted by atomic mass is 9.92. The van der Waals surface area contributed by atoms with Gasteiger partial charge in [-0.3, -0.25) is 4.79 Å². The first-order valence-electron chi connectivity index (χ1n) is 8.28. The Morgan fingerprint density at radius 1 is 1.10 bits per heavy atom. The molecule has 0 rings (SSSR count). The van der Waals surface area contributed by atoms with Gasteiger partial charge in [-0.05, 0) is 65.1 Å². The van der Waals surface area contributed by atoms with Crippen molar-refractivity contribution in [1.29, 1.82) is 0 Å². The highest BCUT2D eigenvalue weighted by Gasteiger charge is 2.34. The van der Waals surface area contributed by atoms with E-state index < -0.39 is 11.5 Å². The second-order valence-electron chi connectivity index (χ2n) is 7.34. The van der Waals surface area contributed by atoms with E-state index in [9.17, 15) is 9.90 Å². The Morgan fingerprint density at radius 3 is 1.81 bits per heavy atom. The van der Waals surface area contributed by atoms with Crippen LogP contribution in [0.2, 0.25) is 0 Å². The van der Waals surface area contributed by atoms with E-state index >= 15 is 0 Å². The Bertz CT molecular complexity index is 293. The number of nitrogens with zero attached hydrogens (tertiary/aromatic N) is 1. The van der Waals surface area contributed by atoms with Crippen LogP contribution < -0.4 is 5.32 Å². The molecule has 0 amide bonds. The van der Waals surface area contributed by atoms with Crippen molar-refractivity contribution in [1.82, 2.24) is 10.2 Å². The topological polar surface area (TPSA) is 52.6 Å². The number of nitrogens with one attached hydrogen (secondary N) is 1. The van der Waals surface area contributed by atoms with E-state index in [1.165, 1.54) is 0 Å². The molecule has 0 radical (unpaired) electrons. The molecule has 0 bridgehead atoms. The van der Waals surface area contributed by atoms with Gasteiger partial charge in [0.1, 0.15) is 5.54 Å². The number of hydrogen-bond donors (Lipinski definition) is 2. The number of carbonyl (C=O) groups is 1. The van der Waals surface area contributed by atoms with Crippen molar-refractivity contribution in [2.45, 2.75) is 72.4 Å². The summed E-state index contributed by atoms with van der Waals surface area (Å²) in [5.74, 6) is 0.576. The number of carboxylic acids is 1. The summed E-state index contributed by atoms with van der Waals surface area (Å²) >= 11 is 0. The number of aliphatic carboxylic acids is 1. The molecular formula is C17H36N2O2. The van der Waals surface area contributed by atoms with Gasteiger partial charge >= 0.3 is 5.97 Å². The normalized spacial score (nSPS) is 16.5. The molecule has 4 nitrogen and oxygen atoms in total. The Kier molecular flexibility index (Phi) is 9.14. The maximum atomic E-state index is 11.5. The highest BCUT2D eigenvalue weighted by molar-refractivity contribution is 5.78. The van der Waals surface area contributed by atoms with Crippen LogP contribution in [-0.4, -0.2) is 47.7 Å². The van der Waals surface area contributed by atoms with Gasteiger partial charge in [0.2, 0.25) is 0 Å². The zero-order chi connectivity index (χ0) is 16.6. The molecule has 0 spiro atoms. The standard InChI is InChI=1S/C17H36N2O2/c1-13(2)8-10-19(11-9-14(3)4)15(5)12-17(6,18-7)16(20)21/h13-15,18H,8-12H2,1-7H3,(H,20,21). The minimum Gasteiger partial charge on any atom is -0.480 e.